The molecule has 1 saturated carbocycles. The number of ether oxygens (including phenoxy) is 3. The Kier molecular flexibility index (Phi) is 12.1. The first-order valence-corrected chi connectivity index (χ1v) is 18.8. The number of hydrogen-bond donors (Lipinski definition) is 2. The van der Waals surface area contributed by atoms with E-state index in [9.17, 15) is 31.2 Å². The molecule has 0 aliphatic heterocycles. The number of nitrogens with one attached hydrogen (secondary N) is 2. The second-order valence-electron chi connectivity index (χ2n) is 12.7. The van der Waals surface area contributed by atoms with Gasteiger partial charge in [-0.05, 0) is 72.1 Å². The smallest absolute Gasteiger partial charge is 0.422 e. The number of anilines is 2. The monoisotopic (exact) mass is 736 g/mol. The topological polar surface area (TPSA) is 178 Å². The molecule has 2 N–H and O–H groups in total. The molecule has 1 aromatic heterocycles. The third-order valence-corrected chi connectivity index (χ3v) is 10.8. The molecule has 3 rings (SSSR count). The number of methoxy groups -OCH3 is 1. The fraction of sp³-hybridized carbons (Fsp3) is 0.552. The van der Waals surface area contributed by atoms with E-state index in [4.69, 9.17) is 21.1 Å². The van der Waals surface area contributed by atoms with Crippen molar-refractivity contribution in [2.75, 3.05) is 22.3 Å². The molecular weight excluding hydrogens is 696 g/mol. The summed E-state index contributed by atoms with van der Waals surface area (Å²) in [6, 6.07) is 5.94. The van der Waals surface area contributed by atoms with E-state index in [0.29, 0.717) is 27.6 Å². The normalized spacial score (nSPS) is 14.6. The molecule has 18 heteroatoms. The van der Waals surface area contributed by atoms with Crippen molar-refractivity contribution in [3.8, 4) is 10.4 Å². The lowest BCUT2D eigenvalue weighted by molar-refractivity contribution is -0.138. The minimum atomic E-state index is -4.73. The first-order chi connectivity index (χ1) is 21.6. The highest BCUT2D eigenvalue weighted by molar-refractivity contribution is 7.91. The standard InChI is InChI=1S/C29H41ClN4O10S3/c1-28(2,3)43-26(36)31-46(38,39)33(17-23(35)42-7)22-18-45-25(24(22)30)19-12-11-15-21(16-19)34(20-13-9-8-10-14-20)47(40,41)32-27(37)44-29(4,5)6/h11-12,15-16,18,20H,8-10,13-14,17H2,1-7H3,(H,31,36)(H,32,37). The number of esters is 1. The van der Waals surface area contributed by atoms with Crippen LogP contribution in [-0.2, 0) is 39.4 Å². The summed E-state index contributed by atoms with van der Waals surface area (Å²) in [5, 5.41) is 1.28. The molecule has 0 atom stereocenters. The minimum absolute atomic E-state index is 0.0930. The maximum Gasteiger partial charge on any atom is 0.422 e. The highest BCUT2D eigenvalue weighted by atomic mass is 35.5. The van der Waals surface area contributed by atoms with Crippen LogP contribution in [0.4, 0.5) is 21.0 Å². The number of amides is 2. The third kappa shape index (κ3) is 10.6. The highest BCUT2D eigenvalue weighted by Gasteiger charge is 2.35. The van der Waals surface area contributed by atoms with Gasteiger partial charge in [0.2, 0.25) is 0 Å². The van der Waals surface area contributed by atoms with E-state index in [1.807, 2.05) is 4.72 Å². The molecule has 2 aromatic rings. The average Bonchev–Trinajstić information content (AvgIpc) is 3.29. The zero-order valence-electron chi connectivity index (χ0n) is 27.3. The maximum absolute atomic E-state index is 13.7. The molecule has 0 spiro atoms. The second-order valence-corrected chi connectivity index (χ2v) is 17.1. The van der Waals surface area contributed by atoms with Crippen LogP contribution < -0.4 is 18.1 Å². The number of thiophene rings is 1. The van der Waals surface area contributed by atoms with Crippen molar-refractivity contribution in [3.05, 3.63) is 34.7 Å². The van der Waals surface area contributed by atoms with Crippen LogP contribution in [-0.4, -0.2) is 65.9 Å². The second kappa shape index (κ2) is 14.9. The van der Waals surface area contributed by atoms with E-state index in [1.54, 1.807) is 70.5 Å². The Morgan fingerprint density at radius 2 is 1.47 bits per heavy atom. The Labute approximate surface area is 285 Å². The van der Waals surface area contributed by atoms with Crippen LogP contribution in [0.25, 0.3) is 10.4 Å². The van der Waals surface area contributed by atoms with Crippen molar-refractivity contribution >= 4 is 72.9 Å². The molecule has 1 aliphatic rings. The molecule has 1 fully saturated rings. The average molecular weight is 737 g/mol. The number of carbonyl (C=O) groups excluding carboxylic acids is 3. The zero-order valence-corrected chi connectivity index (χ0v) is 30.5. The summed E-state index contributed by atoms with van der Waals surface area (Å²) in [6.45, 7) is 8.68. The van der Waals surface area contributed by atoms with E-state index in [0.717, 1.165) is 37.7 Å². The SMILES string of the molecule is COC(=O)CN(c1csc(-c2cccc(N(C3CCCCC3)S(=O)(=O)NC(=O)OC(C)(C)C)c2)c1Cl)S(=O)(=O)NC(=O)OC(C)(C)C. The molecule has 1 heterocycles. The molecule has 0 radical (unpaired) electrons. The molecular formula is C29H41ClN4O10S3. The summed E-state index contributed by atoms with van der Waals surface area (Å²) in [7, 11) is -8.10. The van der Waals surface area contributed by atoms with E-state index in [2.05, 4.69) is 4.74 Å². The fourth-order valence-electron chi connectivity index (χ4n) is 4.74. The number of halogens is 1. The van der Waals surface area contributed by atoms with E-state index < -0.39 is 62.4 Å². The van der Waals surface area contributed by atoms with Gasteiger partial charge in [-0.15, -0.1) is 11.3 Å². The lowest BCUT2D eigenvalue weighted by atomic mass is 9.95. The molecule has 14 nitrogen and oxygen atoms in total. The molecule has 0 unspecified atom stereocenters. The van der Waals surface area contributed by atoms with Crippen LogP contribution >= 0.6 is 22.9 Å². The summed E-state index contributed by atoms with van der Waals surface area (Å²) < 4.78 is 74.5. The Morgan fingerprint density at radius 1 is 0.915 bits per heavy atom. The van der Waals surface area contributed by atoms with Crippen LogP contribution in [0, 0.1) is 0 Å². The van der Waals surface area contributed by atoms with Gasteiger partial charge in [0.15, 0.2) is 0 Å². The third-order valence-electron chi connectivity index (χ3n) is 6.52. The van der Waals surface area contributed by atoms with Crippen molar-refractivity contribution in [1.82, 2.24) is 9.44 Å². The largest absolute Gasteiger partial charge is 0.468 e. The van der Waals surface area contributed by atoms with E-state index in [1.165, 1.54) is 9.69 Å². The van der Waals surface area contributed by atoms with Gasteiger partial charge in [0.05, 0.1) is 28.4 Å². The predicted octanol–water partition coefficient (Wildman–Crippen LogP) is 5.73. The van der Waals surface area contributed by atoms with Gasteiger partial charge >= 0.3 is 38.6 Å². The summed E-state index contributed by atoms with van der Waals surface area (Å²) in [5.74, 6) is -0.934. The Hall–Kier alpha value is -3.28. The van der Waals surface area contributed by atoms with Crippen molar-refractivity contribution in [3.63, 3.8) is 0 Å². The number of rotatable bonds is 10. The first kappa shape index (κ1) is 38.2. The molecule has 2 amide bonds. The Morgan fingerprint density at radius 3 is 2.00 bits per heavy atom. The first-order valence-electron chi connectivity index (χ1n) is 14.7. The number of carbonyl (C=O) groups is 3. The summed E-state index contributed by atoms with van der Waals surface area (Å²) >= 11 is 7.76. The van der Waals surface area contributed by atoms with Crippen molar-refractivity contribution in [1.29, 1.82) is 0 Å². The fourth-order valence-corrected chi connectivity index (χ4v) is 8.65. The van der Waals surface area contributed by atoms with Gasteiger partial charge in [-0.2, -0.15) is 16.8 Å². The molecule has 0 saturated heterocycles. The molecule has 0 bridgehead atoms. The van der Waals surface area contributed by atoms with Crippen LogP contribution in [0.15, 0.2) is 29.6 Å². The van der Waals surface area contributed by atoms with Crippen molar-refractivity contribution in [2.45, 2.75) is 90.9 Å². The lowest BCUT2D eigenvalue weighted by Crippen LogP contribution is -2.50. The van der Waals surface area contributed by atoms with Gasteiger partial charge in [-0.3, -0.25) is 9.10 Å². The van der Waals surface area contributed by atoms with Gasteiger partial charge in [0.1, 0.15) is 17.7 Å². The van der Waals surface area contributed by atoms with Crippen LogP contribution in [0.2, 0.25) is 5.02 Å². The zero-order chi connectivity index (χ0) is 35.4. The molecule has 1 aromatic carbocycles. The number of hydrogen-bond acceptors (Lipinski definition) is 11. The van der Waals surface area contributed by atoms with Gasteiger partial charge in [-0.25, -0.2) is 23.3 Å². The predicted molar refractivity (Wildman–Crippen MR) is 180 cm³/mol. The maximum atomic E-state index is 13.7. The number of benzene rings is 1. The van der Waals surface area contributed by atoms with Gasteiger partial charge in [0, 0.05) is 11.4 Å². The van der Waals surface area contributed by atoms with Gasteiger partial charge in [-0.1, -0.05) is 43.0 Å². The van der Waals surface area contributed by atoms with E-state index >= 15 is 0 Å². The Balaban J connectivity index is 2.05. The molecule has 262 valence electrons. The summed E-state index contributed by atoms with van der Waals surface area (Å²) in [4.78, 5) is 37.5. The minimum Gasteiger partial charge on any atom is -0.468 e. The molecule has 1 aliphatic carbocycles. The van der Waals surface area contributed by atoms with Crippen LogP contribution in [0.1, 0.15) is 73.6 Å². The number of nitrogens with zero attached hydrogens (tertiary/aromatic N) is 2. The summed E-state index contributed by atoms with van der Waals surface area (Å²) in [6.07, 6.45) is 1.28. The van der Waals surface area contributed by atoms with Crippen LogP contribution in [0.3, 0.4) is 0 Å². The Bertz CT molecular complexity index is 1680. The quantitative estimate of drug-likeness (QED) is 0.226. The summed E-state index contributed by atoms with van der Waals surface area (Å²) in [5.41, 5.74) is -1.41. The van der Waals surface area contributed by atoms with Crippen LogP contribution in [0.5, 0.6) is 0 Å². The van der Waals surface area contributed by atoms with Gasteiger partial charge < -0.3 is 14.2 Å². The van der Waals surface area contributed by atoms with Crippen molar-refractivity contribution in [2.24, 2.45) is 0 Å². The lowest BCUT2D eigenvalue weighted by Gasteiger charge is -2.35. The van der Waals surface area contributed by atoms with Gasteiger partial charge in [0.25, 0.3) is 0 Å². The van der Waals surface area contributed by atoms with E-state index in [-0.39, 0.29) is 16.4 Å². The highest BCUT2D eigenvalue weighted by Crippen LogP contribution is 2.44. The van der Waals surface area contributed by atoms with Crippen molar-refractivity contribution < 1.29 is 45.4 Å². The molecule has 47 heavy (non-hydrogen) atoms.